The average molecular weight is 446 g/mol. The van der Waals surface area contributed by atoms with Crippen molar-refractivity contribution in [3.63, 3.8) is 0 Å². The molecule has 2 aromatic rings. The summed E-state index contributed by atoms with van der Waals surface area (Å²) in [5.74, 6) is 0.201. The van der Waals surface area contributed by atoms with Gasteiger partial charge in [-0.15, -0.1) is 6.42 Å². The van der Waals surface area contributed by atoms with Gasteiger partial charge < -0.3 is 9.84 Å². The summed E-state index contributed by atoms with van der Waals surface area (Å²) in [6.45, 7) is 8.77. The summed E-state index contributed by atoms with van der Waals surface area (Å²) in [6.07, 6.45) is 3.74. The number of hydrogen-bond acceptors (Lipinski definition) is 5. The molecule has 6 nitrogen and oxygen atoms in total. The van der Waals surface area contributed by atoms with Gasteiger partial charge in [-0.25, -0.2) is 9.18 Å². The Morgan fingerprint density at radius 2 is 1.77 bits per heavy atom. The van der Waals surface area contributed by atoms with Crippen molar-refractivity contribution >= 4 is 14.0 Å². The molecule has 0 aliphatic carbocycles. The first kappa shape index (κ1) is 24.6. The van der Waals surface area contributed by atoms with Crippen LogP contribution in [0.25, 0.3) is 11.1 Å². The molecule has 0 saturated heterocycles. The second-order valence-corrected chi connectivity index (χ2v) is 9.13. The van der Waals surface area contributed by atoms with E-state index >= 15 is 0 Å². The van der Waals surface area contributed by atoms with E-state index in [1.165, 1.54) is 24.3 Å². The maximum absolute atomic E-state index is 13.5. The van der Waals surface area contributed by atoms with Crippen LogP contribution in [0.4, 0.5) is 4.39 Å². The Kier molecular flexibility index (Phi) is 7.67. The van der Waals surface area contributed by atoms with E-state index in [4.69, 9.17) is 11.2 Å². The molecule has 0 radical (unpaired) electrons. The van der Waals surface area contributed by atoms with Gasteiger partial charge >= 0.3 is 19.2 Å². The van der Waals surface area contributed by atoms with Gasteiger partial charge in [-0.05, 0) is 53.0 Å². The third-order valence-corrected chi connectivity index (χ3v) is 6.23. The number of halogens is 1. The van der Waals surface area contributed by atoms with Crippen molar-refractivity contribution in [2.24, 2.45) is 0 Å². The smallest absolute Gasteiger partial charge is 0.419 e. The molecule has 8 heteroatoms. The van der Waals surface area contributed by atoms with Crippen molar-refractivity contribution < 1.29 is 28.5 Å². The zero-order chi connectivity index (χ0) is 23.5. The minimum Gasteiger partial charge on any atom is -0.419 e. The molecule has 31 heavy (non-hydrogen) atoms. The van der Waals surface area contributed by atoms with E-state index in [9.17, 15) is 23.7 Å². The Balaban J connectivity index is 2.78. The van der Waals surface area contributed by atoms with E-state index in [-0.39, 0.29) is 17.6 Å². The van der Waals surface area contributed by atoms with Crippen molar-refractivity contribution in [1.82, 2.24) is 4.98 Å². The van der Waals surface area contributed by atoms with Crippen LogP contribution in [0.3, 0.4) is 0 Å². The number of nitrogens with zero attached hydrogens (tertiary/aromatic N) is 1. The fourth-order valence-corrected chi connectivity index (χ4v) is 3.66. The zero-order valence-electron chi connectivity index (χ0n) is 18.1. The number of rotatable bonds is 7. The van der Waals surface area contributed by atoms with Crippen LogP contribution in [0.15, 0.2) is 30.3 Å². The highest BCUT2D eigenvalue weighted by Gasteiger charge is 2.62. The largest absolute Gasteiger partial charge is 0.540 e. The number of terminal acetylenes is 1. The molecular formula is C23H26FNO5P+. The minimum absolute atomic E-state index is 0.0492. The van der Waals surface area contributed by atoms with E-state index in [0.29, 0.717) is 16.8 Å². The molecule has 0 saturated carbocycles. The number of aliphatic hydroxyl groups excluding tert-OH is 1. The lowest BCUT2D eigenvalue weighted by molar-refractivity contribution is -0.138. The molecule has 1 heterocycles. The van der Waals surface area contributed by atoms with Crippen LogP contribution in [-0.4, -0.2) is 32.2 Å². The number of aromatic nitrogens is 1. The number of carbonyl (C=O) groups excluding carboxylic acids is 1. The quantitative estimate of drug-likeness (QED) is 0.369. The molecule has 0 spiro atoms. The molecule has 3 atom stereocenters. The first-order chi connectivity index (χ1) is 14.4. The maximum atomic E-state index is 13.5. The Morgan fingerprint density at radius 1 is 1.19 bits per heavy atom. The molecule has 0 aliphatic heterocycles. The third-order valence-electron chi connectivity index (χ3n) is 4.95. The predicted octanol–water partition coefficient (Wildman–Crippen LogP) is 4.53. The molecule has 1 aromatic heterocycles. The lowest BCUT2D eigenvalue weighted by Crippen LogP contribution is -2.46. The summed E-state index contributed by atoms with van der Waals surface area (Å²) in [4.78, 5) is 27.4. The van der Waals surface area contributed by atoms with Crippen LogP contribution >= 0.6 is 8.03 Å². The first-order valence-corrected chi connectivity index (χ1v) is 11.0. The second-order valence-electron chi connectivity index (χ2n) is 7.87. The maximum Gasteiger partial charge on any atom is 0.540 e. The Bertz CT molecular complexity index is 1030. The number of esters is 1. The molecule has 0 aliphatic rings. The van der Waals surface area contributed by atoms with Crippen molar-refractivity contribution in [2.45, 2.75) is 57.7 Å². The molecule has 2 N–H and O–H groups in total. The van der Waals surface area contributed by atoms with Crippen molar-refractivity contribution in [1.29, 1.82) is 0 Å². The van der Waals surface area contributed by atoms with E-state index in [1.54, 1.807) is 6.07 Å². The molecule has 0 fully saturated rings. The fraction of sp³-hybridized carbons (Fsp3) is 0.391. The van der Waals surface area contributed by atoms with Crippen LogP contribution in [0.2, 0.25) is 0 Å². The van der Waals surface area contributed by atoms with Crippen molar-refractivity contribution in [3.05, 3.63) is 47.5 Å². The van der Waals surface area contributed by atoms with E-state index in [1.807, 2.05) is 33.6 Å². The van der Waals surface area contributed by atoms with Gasteiger partial charge in [-0.1, -0.05) is 39.8 Å². The number of pyridine rings is 1. The number of hydrogen-bond donors (Lipinski definition) is 2. The molecule has 0 amide bonds. The van der Waals surface area contributed by atoms with Crippen molar-refractivity contribution in [3.8, 4) is 29.2 Å². The van der Waals surface area contributed by atoms with Gasteiger partial charge in [-0.2, -0.15) is 4.89 Å². The van der Waals surface area contributed by atoms with Crippen molar-refractivity contribution in [2.75, 3.05) is 0 Å². The van der Waals surface area contributed by atoms with Gasteiger partial charge in [0, 0.05) is 11.3 Å². The lowest BCUT2D eigenvalue weighted by Gasteiger charge is -2.22. The highest BCUT2D eigenvalue weighted by Crippen LogP contribution is 2.43. The topological polar surface area (TPSA) is 96.7 Å². The summed E-state index contributed by atoms with van der Waals surface area (Å²) in [6, 6.07) is 7.35. The fourth-order valence-electron chi connectivity index (χ4n) is 3.03. The summed E-state index contributed by atoms with van der Waals surface area (Å²) in [5, 5.41) is 7.61. The Morgan fingerprint density at radius 3 is 2.19 bits per heavy atom. The third kappa shape index (κ3) is 4.83. The molecule has 2 rings (SSSR count). The van der Waals surface area contributed by atoms with Gasteiger partial charge in [0.15, 0.2) is 5.75 Å². The Hall–Kier alpha value is -2.65. The predicted molar refractivity (Wildman–Crippen MR) is 117 cm³/mol. The SMILES string of the molecule is C#CC(C(=O)Oc1c(-c2ccc(F)cc2)cc(C(C)C)nc1C(C)C)(C(C)O)[P+](=O)O. The molecular weight excluding hydrogens is 420 g/mol. The monoisotopic (exact) mass is 446 g/mol. The summed E-state index contributed by atoms with van der Waals surface area (Å²) in [5.41, 5.74) is 2.19. The minimum atomic E-state index is -3.31. The van der Waals surface area contributed by atoms with Crippen LogP contribution < -0.4 is 4.74 Å². The van der Waals surface area contributed by atoms with Crippen LogP contribution in [0, 0.1) is 18.2 Å². The van der Waals surface area contributed by atoms with Gasteiger partial charge in [-0.3, -0.25) is 4.98 Å². The van der Waals surface area contributed by atoms with Crippen LogP contribution in [0.1, 0.15) is 57.8 Å². The Labute approximate surface area is 182 Å². The number of aliphatic hydroxyl groups is 1. The highest BCUT2D eigenvalue weighted by atomic mass is 31.1. The van der Waals surface area contributed by atoms with Gasteiger partial charge in [0.1, 0.15) is 11.9 Å². The summed E-state index contributed by atoms with van der Waals surface area (Å²) >= 11 is 0. The van der Waals surface area contributed by atoms with E-state index < -0.39 is 31.1 Å². The lowest BCUT2D eigenvalue weighted by atomic mass is 9.96. The zero-order valence-corrected chi connectivity index (χ0v) is 19.0. The average Bonchev–Trinajstić information content (AvgIpc) is 2.68. The van der Waals surface area contributed by atoms with Gasteiger partial charge in [0.25, 0.3) is 0 Å². The standard InChI is InChI=1S/C23H25FNO5P/c1-7-23(15(6)26,31(28)29)22(27)30-21-18(16-8-10-17(24)11-9-16)12-19(13(2)3)25-20(21)14(4)5/h1,8-15,26H,2-6H3/p+1. The number of carbonyl (C=O) groups is 1. The number of benzene rings is 1. The summed E-state index contributed by atoms with van der Waals surface area (Å²) < 4.78 is 31.1. The summed E-state index contributed by atoms with van der Waals surface area (Å²) in [7, 11) is -3.31. The van der Waals surface area contributed by atoms with Crippen LogP contribution in [-0.2, 0) is 9.36 Å². The molecule has 3 unspecified atom stereocenters. The van der Waals surface area contributed by atoms with E-state index in [2.05, 4.69) is 4.98 Å². The molecule has 164 valence electrons. The normalized spacial score (nSPS) is 14.7. The van der Waals surface area contributed by atoms with Crippen LogP contribution in [0.5, 0.6) is 5.75 Å². The van der Waals surface area contributed by atoms with Gasteiger partial charge in [0.05, 0.1) is 5.69 Å². The second kappa shape index (κ2) is 9.65. The van der Waals surface area contributed by atoms with Gasteiger partial charge in [0.2, 0.25) is 0 Å². The van der Waals surface area contributed by atoms with E-state index in [0.717, 1.165) is 12.6 Å². The number of ether oxygens (including phenoxy) is 1. The molecule has 0 bridgehead atoms. The molecule has 1 aromatic carbocycles. The highest BCUT2D eigenvalue weighted by molar-refractivity contribution is 7.42. The first-order valence-electron chi connectivity index (χ1n) is 9.80.